The maximum absolute atomic E-state index is 9.07. The van der Waals surface area contributed by atoms with E-state index in [1.165, 1.54) is 0 Å². The topological polar surface area (TPSA) is 54.3 Å². The third-order valence-corrected chi connectivity index (χ3v) is 3.41. The molecule has 1 fully saturated rings. The molecule has 4 heteroatoms. The van der Waals surface area contributed by atoms with E-state index in [-0.39, 0.29) is 0 Å². The zero-order chi connectivity index (χ0) is 15.0. The summed E-state index contributed by atoms with van der Waals surface area (Å²) in [5, 5.41) is 12.5. The Hall–Kier alpha value is -1.73. The van der Waals surface area contributed by atoms with Crippen LogP contribution in [-0.4, -0.2) is 27.3 Å². The SMILES string of the molecule is CC.COc1cc(C2CCCNC2)c(OC)cc1C#N. The van der Waals surface area contributed by atoms with Crippen LogP contribution in [0.1, 0.15) is 43.7 Å². The van der Waals surface area contributed by atoms with Crippen LogP contribution in [0.25, 0.3) is 0 Å². The number of nitrogens with one attached hydrogen (secondary N) is 1. The number of piperidine rings is 1. The quantitative estimate of drug-likeness (QED) is 0.922. The molecule has 4 nitrogen and oxygen atoms in total. The third-order valence-electron chi connectivity index (χ3n) is 3.41. The second-order valence-corrected chi connectivity index (χ2v) is 4.45. The average Bonchev–Trinajstić information content (AvgIpc) is 2.56. The van der Waals surface area contributed by atoms with Gasteiger partial charge in [-0.1, -0.05) is 13.8 Å². The molecule has 1 unspecified atom stereocenters. The molecule has 1 saturated heterocycles. The van der Waals surface area contributed by atoms with Crippen LogP contribution in [-0.2, 0) is 0 Å². The van der Waals surface area contributed by atoms with Crippen molar-refractivity contribution < 1.29 is 9.47 Å². The molecule has 0 radical (unpaired) electrons. The van der Waals surface area contributed by atoms with Gasteiger partial charge in [-0.15, -0.1) is 0 Å². The zero-order valence-corrected chi connectivity index (χ0v) is 12.8. The molecular weight excluding hydrogens is 252 g/mol. The van der Waals surface area contributed by atoms with Crippen molar-refractivity contribution in [3.8, 4) is 17.6 Å². The summed E-state index contributed by atoms with van der Waals surface area (Å²) in [7, 11) is 3.23. The van der Waals surface area contributed by atoms with Gasteiger partial charge in [0.2, 0.25) is 0 Å². The van der Waals surface area contributed by atoms with Gasteiger partial charge in [0.05, 0.1) is 19.8 Å². The lowest BCUT2D eigenvalue weighted by atomic mass is 9.90. The number of methoxy groups -OCH3 is 2. The molecule has 0 spiro atoms. The fourth-order valence-corrected chi connectivity index (χ4v) is 2.45. The van der Waals surface area contributed by atoms with E-state index in [2.05, 4.69) is 11.4 Å². The molecule has 1 aliphatic heterocycles. The minimum atomic E-state index is 0.426. The second-order valence-electron chi connectivity index (χ2n) is 4.45. The Kier molecular flexibility index (Phi) is 6.89. The number of rotatable bonds is 3. The van der Waals surface area contributed by atoms with Crippen molar-refractivity contribution >= 4 is 0 Å². The predicted molar refractivity (Wildman–Crippen MR) is 80.5 cm³/mol. The van der Waals surface area contributed by atoms with E-state index in [4.69, 9.17) is 14.7 Å². The molecule has 1 atom stereocenters. The molecule has 0 saturated carbocycles. The summed E-state index contributed by atoms with van der Waals surface area (Å²) in [5.74, 6) is 1.83. The van der Waals surface area contributed by atoms with Gasteiger partial charge in [0.15, 0.2) is 0 Å². The van der Waals surface area contributed by atoms with E-state index in [9.17, 15) is 0 Å². The molecular formula is C16H24N2O2. The molecule has 0 aromatic heterocycles. The molecule has 110 valence electrons. The van der Waals surface area contributed by atoms with Gasteiger partial charge in [-0.3, -0.25) is 0 Å². The Morgan fingerprint density at radius 1 is 1.20 bits per heavy atom. The van der Waals surface area contributed by atoms with Crippen molar-refractivity contribution in [1.29, 1.82) is 5.26 Å². The van der Waals surface area contributed by atoms with Crippen LogP contribution < -0.4 is 14.8 Å². The van der Waals surface area contributed by atoms with Crippen molar-refractivity contribution in [2.75, 3.05) is 27.3 Å². The Labute approximate surface area is 121 Å². The second kappa shape index (κ2) is 8.44. The van der Waals surface area contributed by atoms with E-state index in [0.29, 0.717) is 17.2 Å². The maximum atomic E-state index is 9.07. The van der Waals surface area contributed by atoms with Gasteiger partial charge in [0.1, 0.15) is 17.6 Å². The molecule has 1 aromatic rings. The molecule has 2 rings (SSSR count). The minimum Gasteiger partial charge on any atom is -0.496 e. The first-order valence-corrected chi connectivity index (χ1v) is 7.17. The molecule has 1 N–H and O–H groups in total. The lowest BCUT2D eigenvalue weighted by molar-refractivity contribution is 0.383. The highest BCUT2D eigenvalue weighted by molar-refractivity contribution is 5.53. The number of hydrogen-bond acceptors (Lipinski definition) is 4. The lowest BCUT2D eigenvalue weighted by Gasteiger charge is -2.25. The lowest BCUT2D eigenvalue weighted by Crippen LogP contribution is -2.28. The molecule has 1 aliphatic rings. The van der Waals surface area contributed by atoms with Gasteiger partial charge in [-0.05, 0) is 25.5 Å². The summed E-state index contributed by atoms with van der Waals surface area (Å²) in [6.07, 6.45) is 2.30. The summed E-state index contributed by atoms with van der Waals surface area (Å²) in [6.45, 7) is 6.03. The highest BCUT2D eigenvalue weighted by Gasteiger charge is 2.21. The van der Waals surface area contributed by atoms with Crippen molar-refractivity contribution in [1.82, 2.24) is 5.32 Å². The zero-order valence-electron chi connectivity index (χ0n) is 12.8. The summed E-state index contributed by atoms with van der Waals surface area (Å²) in [5.41, 5.74) is 1.64. The van der Waals surface area contributed by atoms with Gasteiger partial charge in [0, 0.05) is 24.1 Å². The summed E-state index contributed by atoms with van der Waals surface area (Å²) < 4.78 is 10.7. The van der Waals surface area contributed by atoms with Crippen LogP contribution in [0.5, 0.6) is 11.5 Å². The van der Waals surface area contributed by atoms with Gasteiger partial charge < -0.3 is 14.8 Å². The molecule has 1 aromatic carbocycles. The number of hydrogen-bond donors (Lipinski definition) is 1. The number of nitriles is 1. The molecule has 0 amide bonds. The average molecular weight is 276 g/mol. The Balaban J connectivity index is 0.000000956. The number of ether oxygens (including phenoxy) is 2. The molecule has 0 aliphatic carbocycles. The highest BCUT2D eigenvalue weighted by atomic mass is 16.5. The monoisotopic (exact) mass is 276 g/mol. The Morgan fingerprint density at radius 3 is 2.40 bits per heavy atom. The van der Waals surface area contributed by atoms with Crippen LogP contribution in [0.15, 0.2) is 12.1 Å². The fourth-order valence-electron chi connectivity index (χ4n) is 2.45. The molecule has 1 heterocycles. The van der Waals surface area contributed by atoms with Crippen LogP contribution in [0, 0.1) is 11.3 Å². The van der Waals surface area contributed by atoms with Crippen LogP contribution in [0.3, 0.4) is 0 Å². The predicted octanol–water partition coefficient (Wildman–Crippen LogP) is 3.07. The fraction of sp³-hybridized carbons (Fsp3) is 0.562. The smallest absolute Gasteiger partial charge is 0.137 e. The van der Waals surface area contributed by atoms with E-state index < -0.39 is 0 Å². The van der Waals surface area contributed by atoms with Crippen LogP contribution >= 0.6 is 0 Å². The summed E-state index contributed by atoms with van der Waals surface area (Å²) in [6, 6.07) is 5.84. The van der Waals surface area contributed by atoms with Crippen molar-refractivity contribution in [3.05, 3.63) is 23.3 Å². The maximum Gasteiger partial charge on any atom is 0.137 e. The minimum absolute atomic E-state index is 0.426. The number of nitrogens with zero attached hydrogens (tertiary/aromatic N) is 1. The largest absolute Gasteiger partial charge is 0.496 e. The van der Waals surface area contributed by atoms with Crippen LogP contribution in [0.4, 0.5) is 0 Å². The highest BCUT2D eigenvalue weighted by Crippen LogP contribution is 2.36. The standard InChI is InChI=1S/C14H18N2O2.C2H6/c1-17-13-7-12(10-4-3-5-16-9-10)14(18-2)6-11(13)8-15;1-2/h6-7,10,16H,3-5,9H2,1-2H3;1-2H3. The van der Waals surface area contributed by atoms with Gasteiger partial charge in [-0.25, -0.2) is 0 Å². The summed E-state index contributed by atoms with van der Waals surface area (Å²) in [4.78, 5) is 0. The van der Waals surface area contributed by atoms with E-state index >= 15 is 0 Å². The first-order chi connectivity index (χ1) is 9.80. The Bertz CT molecular complexity index is 460. The van der Waals surface area contributed by atoms with Gasteiger partial charge >= 0.3 is 0 Å². The van der Waals surface area contributed by atoms with Crippen molar-refractivity contribution in [2.45, 2.75) is 32.6 Å². The van der Waals surface area contributed by atoms with Crippen LogP contribution in [0.2, 0.25) is 0 Å². The molecule has 0 bridgehead atoms. The summed E-state index contributed by atoms with van der Waals surface area (Å²) >= 11 is 0. The van der Waals surface area contributed by atoms with Crippen molar-refractivity contribution in [2.24, 2.45) is 0 Å². The normalized spacial score (nSPS) is 17.4. The molecule has 20 heavy (non-hydrogen) atoms. The first-order valence-electron chi connectivity index (χ1n) is 7.17. The third kappa shape index (κ3) is 3.64. The van der Waals surface area contributed by atoms with Gasteiger partial charge in [0.25, 0.3) is 0 Å². The van der Waals surface area contributed by atoms with Crippen molar-refractivity contribution in [3.63, 3.8) is 0 Å². The van der Waals surface area contributed by atoms with Gasteiger partial charge in [-0.2, -0.15) is 5.26 Å². The number of benzene rings is 1. The van der Waals surface area contributed by atoms with E-state index in [1.807, 2.05) is 19.9 Å². The van der Waals surface area contributed by atoms with E-state index in [0.717, 1.165) is 37.2 Å². The first kappa shape index (κ1) is 16.3. The Morgan fingerprint density at radius 2 is 1.90 bits per heavy atom. The van der Waals surface area contributed by atoms with E-state index in [1.54, 1.807) is 20.3 Å².